The van der Waals surface area contributed by atoms with Crippen LogP contribution in [-0.2, 0) is 4.74 Å². The van der Waals surface area contributed by atoms with Crippen molar-refractivity contribution in [3.8, 4) is 0 Å². The minimum atomic E-state index is -0.168. The van der Waals surface area contributed by atoms with E-state index in [1.54, 1.807) is 4.90 Å². The van der Waals surface area contributed by atoms with Gasteiger partial charge in [0.2, 0.25) is 0 Å². The molecule has 84 valence electrons. The summed E-state index contributed by atoms with van der Waals surface area (Å²) in [5.74, 6) is 0. The molecule has 0 aromatic carbocycles. The Hall–Kier alpha value is -0.480. The molecule has 0 aromatic rings. The van der Waals surface area contributed by atoms with E-state index in [0.29, 0.717) is 6.61 Å². The van der Waals surface area contributed by atoms with Crippen molar-refractivity contribution in [2.45, 2.75) is 13.8 Å². The third kappa shape index (κ3) is 3.72. The van der Waals surface area contributed by atoms with Gasteiger partial charge in [0.05, 0.1) is 6.61 Å². The third-order valence-corrected chi connectivity index (χ3v) is 2.35. The summed E-state index contributed by atoms with van der Waals surface area (Å²) >= 11 is 0. The van der Waals surface area contributed by atoms with Gasteiger partial charge in [-0.3, -0.25) is 0 Å². The van der Waals surface area contributed by atoms with Crippen LogP contribution in [0.5, 0.6) is 0 Å². The van der Waals surface area contributed by atoms with Crippen LogP contribution in [0.15, 0.2) is 0 Å². The number of hydrogen-bond acceptors (Lipinski definition) is 3. The van der Waals surface area contributed by atoms with Crippen molar-refractivity contribution >= 4 is 18.5 Å². The molecule has 1 rings (SSSR count). The molecule has 0 aliphatic carbocycles. The Morgan fingerprint density at radius 1 is 1.21 bits per heavy atom. The second kappa shape index (κ2) is 6.90. The lowest BCUT2D eigenvalue weighted by Crippen LogP contribution is -2.48. The van der Waals surface area contributed by atoms with Crippen LogP contribution in [0.1, 0.15) is 13.8 Å². The smallest absolute Gasteiger partial charge is 0.409 e. The Morgan fingerprint density at radius 3 is 2.21 bits per heavy atom. The molecule has 1 fully saturated rings. The van der Waals surface area contributed by atoms with Crippen LogP contribution in [-0.4, -0.2) is 55.2 Å². The molecule has 0 atom stereocenters. The average Bonchev–Trinajstić information content (AvgIpc) is 2.18. The van der Waals surface area contributed by atoms with Crippen molar-refractivity contribution in [3.05, 3.63) is 0 Å². The van der Waals surface area contributed by atoms with Crippen LogP contribution in [0, 0.1) is 0 Å². The van der Waals surface area contributed by atoms with Crippen molar-refractivity contribution in [2.24, 2.45) is 0 Å². The standard InChI is InChI=1S/C9H18N2O2.ClH/c1-3-10-5-7-11(8-6-10)9(12)13-4-2;/h3-8H2,1-2H3;1H. The highest BCUT2D eigenvalue weighted by molar-refractivity contribution is 5.85. The molecule has 1 aliphatic rings. The number of likely N-dealkylation sites (N-methyl/N-ethyl adjacent to an activating group) is 1. The Morgan fingerprint density at radius 2 is 1.79 bits per heavy atom. The molecule has 4 nitrogen and oxygen atoms in total. The monoisotopic (exact) mass is 222 g/mol. The number of amides is 1. The van der Waals surface area contributed by atoms with Crippen LogP contribution in [0.2, 0.25) is 0 Å². The van der Waals surface area contributed by atoms with Gasteiger partial charge in [-0.25, -0.2) is 4.79 Å². The second-order valence-electron chi connectivity index (χ2n) is 3.12. The van der Waals surface area contributed by atoms with Crippen molar-refractivity contribution in [3.63, 3.8) is 0 Å². The summed E-state index contributed by atoms with van der Waals surface area (Å²) in [7, 11) is 0. The van der Waals surface area contributed by atoms with Gasteiger partial charge in [0.1, 0.15) is 0 Å². The lowest BCUT2D eigenvalue weighted by molar-refractivity contribution is 0.0810. The van der Waals surface area contributed by atoms with E-state index in [4.69, 9.17) is 4.74 Å². The number of hydrogen-bond donors (Lipinski definition) is 0. The fourth-order valence-corrected chi connectivity index (χ4v) is 1.46. The summed E-state index contributed by atoms with van der Waals surface area (Å²) in [5, 5.41) is 0. The van der Waals surface area contributed by atoms with Crippen molar-refractivity contribution in [1.29, 1.82) is 0 Å². The van der Waals surface area contributed by atoms with Crippen molar-refractivity contribution in [1.82, 2.24) is 9.80 Å². The SMILES string of the molecule is CCOC(=O)N1CCN(CC)CC1.Cl. The number of nitrogens with zero attached hydrogens (tertiary/aromatic N) is 2. The minimum absolute atomic E-state index is 0. The molecule has 0 bridgehead atoms. The van der Waals surface area contributed by atoms with E-state index < -0.39 is 0 Å². The maximum Gasteiger partial charge on any atom is 0.409 e. The largest absolute Gasteiger partial charge is 0.450 e. The Balaban J connectivity index is 0.00000169. The van der Waals surface area contributed by atoms with Gasteiger partial charge < -0.3 is 14.5 Å². The fraction of sp³-hybridized carbons (Fsp3) is 0.889. The zero-order valence-electron chi connectivity index (χ0n) is 8.86. The molecule has 1 aliphatic heterocycles. The topological polar surface area (TPSA) is 32.8 Å². The number of carbonyl (C=O) groups excluding carboxylic acids is 1. The number of halogens is 1. The molecule has 0 N–H and O–H groups in total. The molecule has 5 heteroatoms. The summed E-state index contributed by atoms with van der Waals surface area (Å²) in [6.45, 7) is 9.04. The average molecular weight is 223 g/mol. The molecule has 1 saturated heterocycles. The number of ether oxygens (including phenoxy) is 1. The van der Waals surface area contributed by atoms with Gasteiger partial charge in [-0.05, 0) is 13.5 Å². The number of rotatable bonds is 2. The molecule has 0 radical (unpaired) electrons. The quantitative estimate of drug-likeness (QED) is 0.704. The lowest BCUT2D eigenvalue weighted by atomic mass is 10.3. The van der Waals surface area contributed by atoms with E-state index in [0.717, 1.165) is 32.7 Å². The van der Waals surface area contributed by atoms with Crippen LogP contribution >= 0.6 is 12.4 Å². The third-order valence-electron chi connectivity index (χ3n) is 2.35. The van der Waals surface area contributed by atoms with Gasteiger partial charge in [0, 0.05) is 26.2 Å². The van der Waals surface area contributed by atoms with E-state index in [-0.39, 0.29) is 18.5 Å². The van der Waals surface area contributed by atoms with Crippen LogP contribution in [0.25, 0.3) is 0 Å². The van der Waals surface area contributed by atoms with Crippen molar-refractivity contribution in [2.75, 3.05) is 39.3 Å². The molecule has 1 amide bonds. The van der Waals surface area contributed by atoms with Gasteiger partial charge in [0.25, 0.3) is 0 Å². The summed E-state index contributed by atoms with van der Waals surface area (Å²) in [5.41, 5.74) is 0. The van der Waals surface area contributed by atoms with Gasteiger partial charge in [-0.15, -0.1) is 12.4 Å². The maximum atomic E-state index is 11.3. The maximum absolute atomic E-state index is 11.3. The first kappa shape index (κ1) is 13.5. The Kier molecular flexibility index (Phi) is 6.66. The highest BCUT2D eigenvalue weighted by atomic mass is 35.5. The molecular weight excluding hydrogens is 204 g/mol. The molecule has 0 saturated carbocycles. The van der Waals surface area contributed by atoms with Gasteiger partial charge in [-0.1, -0.05) is 6.92 Å². The van der Waals surface area contributed by atoms with Gasteiger partial charge in [0.15, 0.2) is 0 Å². The summed E-state index contributed by atoms with van der Waals surface area (Å²) in [6.07, 6.45) is -0.168. The van der Waals surface area contributed by atoms with E-state index in [1.807, 2.05) is 6.92 Å². The first-order valence-corrected chi connectivity index (χ1v) is 4.92. The summed E-state index contributed by atoms with van der Waals surface area (Å²) in [6, 6.07) is 0. The second-order valence-corrected chi connectivity index (χ2v) is 3.12. The molecule has 0 spiro atoms. The lowest BCUT2D eigenvalue weighted by Gasteiger charge is -2.33. The molecule has 0 unspecified atom stereocenters. The van der Waals surface area contributed by atoms with Gasteiger partial charge >= 0.3 is 6.09 Å². The van der Waals surface area contributed by atoms with Gasteiger partial charge in [-0.2, -0.15) is 0 Å². The number of carbonyl (C=O) groups is 1. The normalized spacial score (nSPS) is 17.4. The van der Waals surface area contributed by atoms with Crippen molar-refractivity contribution < 1.29 is 9.53 Å². The minimum Gasteiger partial charge on any atom is -0.450 e. The van der Waals surface area contributed by atoms with Crippen LogP contribution in [0.4, 0.5) is 4.79 Å². The summed E-state index contributed by atoms with van der Waals surface area (Å²) < 4.78 is 4.92. The van der Waals surface area contributed by atoms with E-state index in [1.165, 1.54) is 0 Å². The summed E-state index contributed by atoms with van der Waals surface area (Å²) in [4.78, 5) is 15.4. The zero-order valence-corrected chi connectivity index (χ0v) is 9.68. The van der Waals surface area contributed by atoms with E-state index in [2.05, 4.69) is 11.8 Å². The Labute approximate surface area is 91.6 Å². The highest BCUT2D eigenvalue weighted by Gasteiger charge is 2.20. The predicted molar refractivity (Wildman–Crippen MR) is 58.0 cm³/mol. The predicted octanol–water partition coefficient (Wildman–Crippen LogP) is 1.20. The molecular formula is C9H19ClN2O2. The fourth-order valence-electron chi connectivity index (χ4n) is 1.46. The van der Waals surface area contributed by atoms with E-state index in [9.17, 15) is 4.79 Å². The molecule has 0 aromatic heterocycles. The highest BCUT2D eigenvalue weighted by Crippen LogP contribution is 2.02. The van der Waals surface area contributed by atoms with Crippen LogP contribution in [0.3, 0.4) is 0 Å². The van der Waals surface area contributed by atoms with Crippen LogP contribution < -0.4 is 0 Å². The zero-order chi connectivity index (χ0) is 9.68. The first-order chi connectivity index (χ1) is 6.27. The molecule has 1 heterocycles. The van der Waals surface area contributed by atoms with E-state index >= 15 is 0 Å². The number of piperazine rings is 1. The first-order valence-electron chi connectivity index (χ1n) is 4.92. The molecule has 14 heavy (non-hydrogen) atoms. The Bertz CT molecular complexity index is 170.